The standard InChI is InChI=1S/C61H94O6/c1-4-7-10-13-16-19-22-25-28-30-33-36-39-42-45-48-51-54-60(63)66-57-58(56-65-59(62)53-50-47-44-41-38-35-32-27-24-21-18-15-12-9-6-3)67-61(64)55-52-49-46-43-40-37-34-31-29-26-23-20-17-14-11-8-5-2/h7,9-10,12,15-16,18-19,21,24-29,32-34,36-37,42-43,45-46,58H,4-6,8,11,13-14,17,20,22-23,30-31,35,38-41,44,47-57H2,1-3H3/b10-7-,12-9-,18-15-,19-16-,24-21-,28-25-,29-26-,32-27-,36-33-,37-34-,45-42-,46-43-. The summed E-state index contributed by atoms with van der Waals surface area (Å²) in [6.45, 7) is 6.24. The van der Waals surface area contributed by atoms with Crippen LogP contribution in [0.3, 0.4) is 0 Å². The number of carbonyl (C=O) groups excluding carboxylic acids is 3. The molecule has 6 heteroatoms. The molecule has 0 rings (SSSR count). The van der Waals surface area contributed by atoms with E-state index in [2.05, 4.69) is 142 Å². The van der Waals surface area contributed by atoms with Gasteiger partial charge in [0.05, 0.1) is 0 Å². The molecule has 0 aromatic rings. The van der Waals surface area contributed by atoms with Gasteiger partial charge in [-0.05, 0) is 109 Å². The van der Waals surface area contributed by atoms with Crippen LogP contribution >= 0.6 is 0 Å². The molecule has 0 heterocycles. The number of allylic oxidation sites excluding steroid dienone is 24. The monoisotopic (exact) mass is 923 g/mol. The molecule has 0 saturated heterocycles. The molecule has 0 N–H and O–H groups in total. The summed E-state index contributed by atoms with van der Waals surface area (Å²) in [5.74, 6) is -1.08. The summed E-state index contributed by atoms with van der Waals surface area (Å²) < 4.78 is 16.7. The fraction of sp³-hybridized carbons (Fsp3) is 0.557. The highest BCUT2D eigenvalue weighted by Gasteiger charge is 2.19. The van der Waals surface area contributed by atoms with Crippen molar-refractivity contribution in [1.29, 1.82) is 0 Å². The van der Waals surface area contributed by atoms with Gasteiger partial charge in [-0.3, -0.25) is 14.4 Å². The lowest BCUT2D eigenvalue weighted by Gasteiger charge is -2.18. The smallest absolute Gasteiger partial charge is 0.306 e. The SMILES string of the molecule is CC\C=C/C=C\C=C/C=C\CCCCCCCC(=O)OCC(COC(=O)CCC/C=C\C/C=C\C/C=C\C/C=C\C/C=C\CC)OC(=O)CCC/C=C\C/C=C\C/C=C\CCCCCCCC. The van der Waals surface area contributed by atoms with Crippen molar-refractivity contribution < 1.29 is 28.6 Å². The van der Waals surface area contributed by atoms with Crippen molar-refractivity contribution in [1.82, 2.24) is 0 Å². The fourth-order valence-electron chi connectivity index (χ4n) is 6.50. The summed E-state index contributed by atoms with van der Waals surface area (Å²) >= 11 is 0. The van der Waals surface area contributed by atoms with Crippen LogP contribution in [0, 0.1) is 0 Å². The number of esters is 3. The zero-order chi connectivity index (χ0) is 48.6. The first kappa shape index (κ1) is 62.3. The molecule has 0 aliphatic rings. The molecule has 0 aliphatic carbocycles. The van der Waals surface area contributed by atoms with E-state index < -0.39 is 6.10 Å². The van der Waals surface area contributed by atoms with E-state index >= 15 is 0 Å². The molecule has 0 fully saturated rings. The molecule has 0 bridgehead atoms. The molecule has 0 aliphatic heterocycles. The van der Waals surface area contributed by atoms with Crippen LogP contribution < -0.4 is 0 Å². The van der Waals surface area contributed by atoms with Crippen LogP contribution in [0.25, 0.3) is 0 Å². The molecule has 374 valence electrons. The maximum Gasteiger partial charge on any atom is 0.306 e. The van der Waals surface area contributed by atoms with Crippen LogP contribution in [-0.2, 0) is 28.6 Å². The first-order chi connectivity index (χ1) is 33.0. The van der Waals surface area contributed by atoms with Gasteiger partial charge >= 0.3 is 17.9 Å². The third-order valence-corrected chi connectivity index (χ3v) is 10.4. The molecule has 0 aromatic heterocycles. The van der Waals surface area contributed by atoms with Gasteiger partial charge in [-0.1, -0.05) is 218 Å². The molecule has 1 atom stereocenters. The van der Waals surface area contributed by atoms with Crippen LogP contribution in [0.1, 0.15) is 201 Å². The number of ether oxygens (including phenoxy) is 3. The van der Waals surface area contributed by atoms with Crippen LogP contribution in [0.5, 0.6) is 0 Å². The Morgan fingerprint density at radius 3 is 1.15 bits per heavy atom. The second kappa shape index (κ2) is 53.9. The van der Waals surface area contributed by atoms with Crippen molar-refractivity contribution in [3.8, 4) is 0 Å². The summed E-state index contributed by atoms with van der Waals surface area (Å²) in [7, 11) is 0. The molecule has 0 spiro atoms. The van der Waals surface area contributed by atoms with Gasteiger partial charge in [-0.15, -0.1) is 0 Å². The number of rotatable bonds is 45. The third kappa shape index (κ3) is 52.1. The average molecular weight is 923 g/mol. The summed E-state index contributed by atoms with van der Waals surface area (Å²) in [6.07, 6.45) is 77.0. The highest BCUT2D eigenvalue weighted by molar-refractivity contribution is 5.71. The maximum atomic E-state index is 12.8. The van der Waals surface area contributed by atoms with Crippen molar-refractivity contribution in [3.63, 3.8) is 0 Å². The predicted octanol–water partition coefficient (Wildman–Crippen LogP) is 17.6. The predicted molar refractivity (Wildman–Crippen MR) is 288 cm³/mol. The zero-order valence-corrected chi connectivity index (χ0v) is 42.6. The van der Waals surface area contributed by atoms with Gasteiger partial charge in [-0.2, -0.15) is 0 Å². The van der Waals surface area contributed by atoms with Crippen LogP contribution in [0.2, 0.25) is 0 Å². The number of carbonyl (C=O) groups is 3. The van der Waals surface area contributed by atoms with Crippen LogP contribution in [-0.4, -0.2) is 37.2 Å². The molecular weight excluding hydrogens is 829 g/mol. The van der Waals surface area contributed by atoms with Crippen molar-refractivity contribution in [2.45, 2.75) is 207 Å². The first-order valence-corrected chi connectivity index (χ1v) is 26.4. The Labute approximate surface area is 410 Å². The van der Waals surface area contributed by atoms with E-state index in [4.69, 9.17) is 14.2 Å². The first-order valence-electron chi connectivity index (χ1n) is 26.4. The highest BCUT2D eigenvalue weighted by Crippen LogP contribution is 2.11. The molecule has 0 radical (unpaired) electrons. The van der Waals surface area contributed by atoms with Gasteiger partial charge < -0.3 is 14.2 Å². The lowest BCUT2D eigenvalue weighted by Crippen LogP contribution is -2.30. The second-order valence-corrected chi connectivity index (χ2v) is 16.8. The Kier molecular flexibility index (Phi) is 50.1. The normalized spacial score (nSPS) is 13.3. The van der Waals surface area contributed by atoms with Crippen molar-refractivity contribution in [2.24, 2.45) is 0 Å². The van der Waals surface area contributed by atoms with E-state index in [1.54, 1.807) is 0 Å². The summed E-state index contributed by atoms with van der Waals surface area (Å²) in [6, 6.07) is 0. The zero-order valence-electron chi connectivity index (χ0n) is 42.6. The largest absolute Gasteiger partial charge is 0.462 e. The van der Waals surface area contributed by atoms with E-state index in [1.165, 1.54) is 44.9 Å². The average Bonchev–Trinajstić information content (AvgIpc) is 3.33. The van der Waals surface area contributed by atoms with Crippen LogP contribution in [0.15, 0.2) is 146 Å². The Bertz CT molecular complexity index is 1530. The molecule has 0 saturated carbocycles. The molecule has 1 unspecified atom stereocenters. The van der Waals surface area contributed by atoms with Gasteiger partial charge in [0, 0.05) is 19.3 Å². The second-order valence-electron chi connectivity index (χ2n) is 16.8. The van der Waals surface area contributed by atoms with Crippen LogP contribution in [0.4, 0.5) is 0 Å². The van der Waals surface area contributed by atoms with E-state index in [0.717, 1.165) is 103 Å². The van der Waals surface area contributed by atoms with E-state index in [1.807, 2.05) is 24.3 Å². The number of unbranched alkanes of at least 4 members (excludes halogenated alkanes) is 13. The third-order valence-electron chi connectivity index (χ3n) is 10.4. The topological polar surface area (TPSA) is 78.9 Å². The Hall–Kier alpha value is -4.71. The molecule has 0 aromatic carbocycles. The lowest BCUT2D eigenvalue weighted by molar-refractivity contribution is -0.167. The highest BCUT2D eigenvalue weighted by atomic mass is 16.6. The molecule has 6 nitrogen and oxygen atoms in total. The fourth-order valence-corrected chi connectivity index (χ4v) is 6.50. The maximum absolute atomic E-state index is 12.8. The summed E-state index contributed by atoms with van der Waals surface area (Å²) in [5.41, 5.74) is 0. The van der Waals surface area contributed by atoms with Gasteiger partial charge in [0.25, 0.3) is 0 Å². The van der Waals surface area contributed by atoms with Crippen molar-refractivity contribution in [3.05, 3.63) is 146 Å². The van der Waals surface area contributed by atoms with Crippen molar-refractivity contribution in [2.75, 3.05) is 13.2 Å². The Balaban J connectivity index is 4.63. The van der Waals surface area contributed by atoms with E-state index in [9.17, 15) is 14.4 Å². The number of hydrogen-bond acceptors (Lipinski definition) is 6. The minimum Gasteiger partial charge on any atom is -0.462 e. The Morgan fingerprint density at radius 2 is 0.672 bits per heavy atom. The summed E-state index contributed by atoms with van der Waals surface area (Å²) in [4.78, 5) is 38.0. The minimum absolute atomic E-state index is 0.135. The molecular formula is C61H94O6. The van der Waals surface area contributed by atoms with Crippen molar-refractivity contribution >= 4 is 17.9 Å². The Morgan fingerprint density at radius 1 is 0.328 bits per heavy atom. The van der Waals surface area contributed by atoms with Gasteiger partial charge in [0.15, 0.2) is 6.10 Å². The van der Waals surface area contributed by atoms with E-state index in [-0.39, 0.29) is 44.0 Å². The minimum atomic E-state index is -0.844. The quantitative estimate of drug-likeness (QED) is 0.0199. The van der Waals surface area contributed by atoms with Gasteiger partial charge in [-0.25, -0.2) is 0 Å². The van der Waals surface area contributed by atoms with Gasteiger partial charge in [0.2, 0.25) is 0 Å². The number of hydrogen-bond donors (Lipinski definition) is 0. The lowest BCUT2D eigenvalue weighted by atomic mass is 10.1. The molecule has 0 amide bonds. The molecule has 67 heavy (non-hydrogen) atoms. The van der Waals surface area contributed by atoms with E-state index in [0.29, 0.717) is 19.3 Å². The van der Waals surface area contributed by atoms with Gasteiger partial charge in [0.1, 0.15) is 13.2 Å². The summed E-state index contributed by atoms with van der Waals surface area (Å²) in [5, 5.41) is 0.